The Labute approximate surface area is 110 Å². The van der Waals surface area contributed by atoms with Crippen LogP contribution in [-0.4, -0.2) is 30.5 Å². The number of hydrogen-bond donors (Lipinski definition) is 1. The third-order valence-electron chi connectivity index (χ3n) is 3.35. The second-order valence-electron chi connectivity index (χ2n) is 5.71. The van der Waals surface area contributed by atoms with Crippen LogP contribution in [0.3, 0.4) is 0 Å². The molecule has 4 heteroatoms. The van der Waals surface area contributed by atoms with E-state index in [1.54, 1.807) is 6.92 Å². The molecule has 104 valence electrons. The average Bonchev–Trinajstić information content (AvgIpc) is 2.27. The highest BCUT2D eigenvalue weighted by atomic mass is 16.5. The molecule has 1 heterocycles. The molecular formula is C14H26N2O2. The summed E-state index contributed by atoms with van der Waals surface area (Å²) >= 11 is 0. The molecular weight excluding hydrogens is 228 g/mol. The van der Waals surface area contributed by atoms with Gasteiger partial charge < -0.3 is 15.2 Å². The van der Waals surface area contributed by atoms with Gasteiger partial charge in [0.05, 0.1) is 24.4 Å². The zero-order valence-electron chi connectivity index (χ0n) is 11.8. The molecule has 0 spiro atoms. The summed E-state index contributed by atoms with van der Waals surface area (Å²) in [6.07, 6.45) is 5.52. The van der Waals surface area contributed by atoms with E-state index in [-0.39, 0.29) is 0 Å². The van der Waals surface area contributed by atoms with Crippen molar-refractivity contribution in [3.8, 4) is 6.07 Å². The monoisotopic (exact) mass is 254 g/mol. The van der Waals surface area contributed by atoms with Crippen LogP contribution >= 0.6 is 0 Å². The first kappa shape index (κ1) is 15.4. The molecule has 3 unspecified atom stereocenters. The first-order valence-electron chi connectivity index (χ1n) is 6.90. The van der Waals surface area contributed by atoms with E-state index >= 15 is 0 Å². The Kier molecular flexibility index (Phi) is 6.07. The van der Waals surface area contributed by atoms with Crippen molar-refractivity contribution in [2.75, 3.05) is 6.61 Å². The van der Waals surface area contributed by atoms with E-state index in [1.165, 1.54) is 0 Å². The average molecular weight is 254 g/mol. The third kappa shape index (κ3) is 5.81. The molecule has 0 saturated carbocycles. The van der Waals surface area contributed by atoms with E-state index in [2.05, 4.69) is 19.9 Å². The predicted octanol–water partition coefficient (Wildman–Crippen LogP) is 2.37. The number of nitrogens with two attached hydrogens (primary N) is 1. The maximum absolute atomic E-state index is 8.79. The first-order chi connectivity index (χ1) is 8.43. The van der Waals surface area contributed by atoms with Crippen LogP contribution in [0.2, 0.25) is 0 Å². The van der Waals surface area contributed by atoms with Crippen molar-refractivity contribution in [3.05, 3.63) is 0 Å². The van der Waals surface area contributed by atoms with Gasteiger partial charge in [-0.3, -0.25) is 0 Å². The minimum Gasteiger partial charge on any atom is -0.378 e. The highest BCUT2D eigenvalue weighted by Crippen LogP contribution is 2.22. The quantitative estimate of drug-likeness (QED) is 0.739. The largest absolute Gasteiger partial charge is 0.378 e. The zero-order chi connectivity index (χ0) is 13.6. The number of ether oxygens (including phenoxy) is 2. The van der Waals surface area contributed by atoms with Gasteiger partial charge in [0.15, 0.2) is 0 Å². The molecule has 4 nitrogen and oxygen atoms in total. The molecule has 0 aromatic carbocycles. The van der Waals surface area contributed by atoms with Gasteiger partial charge in [-0.05, 0) is 52.9 Å². The van der Waals surface area contributed by atoms with Crippen LogP contribution in [0.15, 0.2) is 0 Å². The smallest absolute Gasteiger partial charge is 0.101 e. The van der Waals surface area contributed by atoms with Crippen molar-refractivity contribution in [2.45, 2.75) is 76.7 Å². The molecule has 1 rings (SSSR count). The lowest BCUT2D eigenvalue weighted by atomic mass is 9.98. The van der Waals surface area contributed by atoms with Gasteiger partial charge in [0.2, 0.25) is 0 Å². The summed E-state index contributed by atoms with van der Waals surface area (Å²) in [6.45, 7) is 6.72. The SMILES string of the molecule is CC1CC(OCCCCC(C)(N)C#N)CC(C)O1. The van der Waals surface area contributed by atoms with Crippen molar-refractivity contribution in [2.24, 2.45) is 5.73 Å². The molecule has 0 aromatic heterocycles. The Balaban J connectivity index is 2.09. The van der Waals surface area contributed by atoms with Crippen molar-refractivity contribution >= 4 is 0 Å². The van der Waals surface area contributed by atoms with Crippen LogP contribution in [0.1, 0.15) is 52.9 Å². The maximum Gasteiger partial charge on any atom is 0.101 e. The molecule has 3 atom stereocenters. The molecule has 18 heavy (non-hydrogen) atoms. The number of rotatable bonds is 6. The van der Waals surface area contributed by atoms with Crippen molar-refractivity contribution < 1.29 is 9.47 Å². The Bertz CT molecular complexity index is 276. The van der Waals surface area contributed by atoms with Crippen molar-refractivity contribution in [1.82, 2.24) is 0 Å². The summed E-state index contributed by atoms with van der Waals surface area (Å²) in [5.74, 6) is 0. The number of nitriles is 1. The van der Waals surface area contributed by atoms with Gasteiger partial charge in [-0.1, -0.05) is 0 Å². The molecule has 0 aromatic rings. The molecule has 2 N–H and O–H groups in total. The van der Waals surface area contributed by atoms with E-state index in [9.17, 15) is 0 Å². The minimum absolute atomic E-state index is 0.296. The van der Waals surface area contributed by atoms with Gasteiger partial charge in [-0.2, -0.15) is 5.26 Å². The molecule has 1 fully saturated rings. The Hall–Kier alpha value is -0.630. The second kappa shape index (κ2) is 7.08. The fraction of sp³-hybridized carbons (Fsp3) is 0.929. The predicted molar refractivity (Wildman–Crippen MR) is 71.0 cm³/mol. The third-order valence-corrected chi connectivity index (χ3v) is 3.35. The lowest BCUT2D eigenvalue weighted by Gasteiger charge is -2.32. The normalized spacial score (nSPS) is 31.6. The molecule has 1 saturated heterocycles. The molecule has 0 bridgehead atoms. The second-order valence-corrected chi connectivity index (χ2v) is 5.71. The van der Waals surface area contributed by atoms with Crippen LogP contribution in [0.5, 0.6) is 0 Å². The van der Waals surface area contributed by atoms with E-state index in [0.717, 1.165) is 38.7 Å². The Morgan fingerprint density at radius 3 is 2.50 bits per heavy atom. The summed E-state index contributed by atoms with van der Waals surface area (Å²) < 4.78 is 11.5. The summed E-state index contributed by atoms with van der Waals surface area (Å²) in [7, 11) is 0. The molecule has 1 aliphatic heterocycles. The van der Waals surface area contributed by atoms with Gasteiger partial charge in [0, 0.05) is 6.61 Å². The number of hydrogen-bond acceptors (Lipinski definition) is 4. The molecule has 0 amide bonds. The van der Waals surface area contributed by atoms with Crippen LogP contribution < -0.4 is 5.73 Å². The summed E-state index contributed by atoms with van der Waals surface area (Å²) in [4.78, 5) is 0. The van der Waals surface area contributed by atoms with E-state index in [4.69, 9.17) is 20.5 Å². The van der Waals surface area contributed by atoms with E-state index < -0.39 is 5.54 Å². The lowest BCUT2D eigenvalue weighted by molar-refractivity contribution is -0.102. The standard InChI is InChI=1S/C14H26N2O2/c1-11-8-13(9-12(2)18-11)17-7-5-4-6-14(3,16)10-15/h11-13H,4-9,16H2,1-3H3. The van der Waals surface area contributed by atoms with Gasteiger partial charge in [0.1, 0.15) is 5.54 Å². The lowest BCUT2D eigenvalue weighted by Crippen LogP contribution is -2.35. The fourth-order valence-electron chi connectivity index (χ4n) is 2.38. The van der Waals surface area contributed by atoms with Crippen molar-refractivity contribution in [1.29, 1.82) is 5.26 Å². The number of unbranched alkanes of at least 4 members (excludes halogenated alkanes) is 1. The molecule has 0 aliphatic carbocycles. The molecule has 0 radical (unpaired) electrons. The summed E-state index contributed by atoms with van der Waals surface area (Å²) in [5, 5.41) is 8.79. The maximum atomic E-state index is 8.79. The Morgan fingerprint density at radius 1 is 1.33 bits per heavy atom. The van der Waals surface area contributed by atoms with E-state index in [1.807, 2.05) is 0 Å². The first-order valence-corrected chi connectivity index (χ1v) is 6.90. The molecule has 1 aliphatic rings. The highest BCUT2D eigenvalue weighted by molar-refractivity contribution is 5.00. The minimum atomic E-state index is -0.693. The van der Waals surface area contributed by atoms with Gasteiger partial charge in [0.25, 0.3) is 0 Å². The zero-order valence-corrected chi connectivity index (χ0v) is 11.8. The summed E-state index contributed by atoms with van der Waals surface area (Å²) in [6, 6.07) is 2.11. The van der Waals surface area contributed by atoms with Gasteiger partial charge >= 0.3 is 0 Å². The summed E-state index contributed by atoms with van der Waals surface area (Å²) in [5.41, 5.74) is 5.07. The topological polar surface area (TPSA) is 68.3 Å². The van der Waals surface area contributed by atoms with Gasteiger partial charge in [-0.15, -0.1) is 0 Å². The fourth-order valence-corrected chi connectivity index (χ4v) is 2.38. The highest BCUT2D eigenvalue weighted by Gasteiger charge is 2.24. The van der Waals surface area contributed by atoms with Crippen LogP contribution in [0.25, 0.3) is 0 Å². The van der Waals surface area contributed by atoms with Crippen LogP contribution in [-0.2, 0) is 9.47 Å². The van der Waals surface area contributed by atoms with Gasteiger partial charge in [-0.25, -0.2) is 0 Å². The number of nitrogens with zero attached hydrogens (tertiary/aromatic N) is 1. The van der Waals surface area contributed by atoms with Crippen LogP contribution in [0.4, 0.5) is 0 Å². The Morgan fingerprint density at radius 2 is 1.94 bits per heavy atom. The van der Waals surface area contributed by atoms with Crippen LogP contribution in [0, 0.1) is 11.3 Å². The van der Waals surface area contributed by atoms with E-state index in [0.29, 0.717) is 18.3 Å². The van der Waals surface area contributed by atoms with Crippen molar-refractivity contribution in [3.63, 3.8) is 0 Å².